The number of hydrogen-bond acceptors (Lipinski definition) is 3. The lowest BCUT2D eigenvalue weighted by Gasteiger charge is -2.15. The summed E-state index contributed by atoms with van der Waals surface area (Å²) in [7, 11) is 0. The summed E-state index contributed by atoms with van der Waals surface area (Å²) < 4.78 is 12.7. The number of carbonyl (C=O) groups is 1. The van der Waals surface area contributed by atoms with Crippen molar-refractivity contribution < 1.29 is 14.3 Å². The number of carboxylic acid groups (broad SMARTS) is 1. The summed E-state index contributed by atoms with van der Waals surface area (Å²) in [5.74, 6) is -1.77. The molecule has 1 N–H and O–H groups in total. The first-order valence-corrected chi connectivity index (χ1v) is 4.31. The van der Waals surface area contributed by atoms with Gasteiger partial charge in [-0.25, -0.2) is 4.39 Å². The first-order valence-electron chi connectivity index (χ1n) is 3.93. The molecule has 5 heteroatoms. The molecule has 76 valence electrons. The van der Waals surface area contributed by atoms with E-state index in [2.05, 4.69) is 5.32 Å². The predicted octanol–water partition coefficient (Wildman–Crippen LogP) is 1.03. The largest absolute Gasteiger partial charge is 0.548 e. The quantitative estimate of drug-likeness (QED) is 0.821. The Morgan fingerprint density at radius 2 is 2.29 bits per heavy atom. The van der Waals surface area contributed by atoms with Crippen molar-refractivity contribution in [1.82, 2.24) is 0 Å². The maximum Gasteiger partial charge on any atom is 0.141 e. The van der Waals surface area contributed by atoms with Gasteiger partial charge in [0.25, 0.3) is 0 Å². The number of benzene rings is 1. The van der Waals surface area contributed by atoms with Gasteiger partial charge in [-0.05, 0) is 25.1 Å². The van der Waals surface area contributed by atoms with Crippen LogP contribution in [0, 0.1) is 5.82 Å². The molecular formula is C9H8ClFNO2-. The molecule has 0 aromatic heterocycles. The van der Waals surface area contributed by atoms with Crippen LogP contribution >= 0.6 is 11.6 Å². The molecule has 0 bridgehead atoms. The third kappa shape index (κ3) is 2.60. The second kappa shape index (κ2) is 4.28. The highest BCUT2D eigenvalue weighted by atomic mass is 35.5. The molecule has 3 nitrogen and oxygen atoms in total. The van der Waals surface area contributed by atoms with Gasteiger partial charge in [0.1, 0.15) is 5.82 Å². The minimum Gasteiger partial charge on any atom is -0.548 e. The number of carbonyl (C=O) groups excluding carboxylic acids is 1. The number of hydrogen-bond donors (Lipinski definition) is 1. The number of aliphatic carboxylic acids is 1. The zero-order valence-electron chi connectivity index (χ0n) is 7.38. The van der Waals surface area contributed by atoms with Crippen molar-refractivity contribution in [2.75, 3.05) is 5.32 Å². The summed E-state index contributed by atoms with van der Waals surface area (Å²) in [6, 6.07) is 3.03. The van der Waals surface area contributed by atoms with E-state index < -0.39 is 17.8 Å². The van der Waals surface area contributed by atoms with Crippen LogP contribution in [0.1, 0.15) is 6.92 Å². The van der Waals surface area contributed by atoms with Crippen LogP contribution in [0.3, 0.4) is 0 Å². The van der Waals surface area contributed by atoms with E-state index in [4.69, 9.17) is 11.6 Å². The molecule has 0 saturated carbocycles. The van der Waals surface area contributed by atoms with Gasteiger partial charge in [-0.2, -0.15) is 0 Å². The molecule has 14 heavy (non-hydrogen) atoms. The van der Waals surface area contributed by atoms with Crippen molar-refractivity contribution in [1.29, 1.82) is 0 Å². The van der Waals surface area contributed by atoms with E-state index in [9.17, 15) is 14.3 Å². The summed E-state index contributed by atoms with van der Waals surface area (Å²) in [6.45, 7) is 1.42. The summed E-state index contributed by atoms with van der Waals surface area (Å²) in [5, 5.41) is 12.9. The highest BCUT2D eigenvalue weighted by molar-refractivity contribution is 6.31. The van der Waals surface area contributed by atoms with Crippen molar-refractivity contribution in [3.8, 4) is 0 Å². The number of anilines is 1. The molecule has 0 aliphatic heterocycles. The van der Waals surface area contributed by atoms with Gasteiger partial charge in [0.15, 0.2) is 0 Å². The van der Waals surface area contributed by atoms with Gasteiger partial charge in [-0.15, -0.1) is 0 Å². The number of carboxylic acids is 1. The van der Waals surface area contributed by atoms with Gasteiger partial charge in [0.2, 0.25) is 0 Å². The third-order valence-electron chi connectivity index (χ3n) is 1.66. The normalized spacial score (nSPS) is 12.2. The summed E-state index contributed by atoms with van der Waals surface area (Å²) in [6.07, 6.45) is 0. The lowest BCUT2D eigenvalue weighted by Crippen LogP contribution is -2.38. The first-order chi connectivity index (χ1) is 6.50. The van der Waals surface area contributed by atoms with E-state index in [-0.39, 0.29) is 5.02 Å². The van der Waals surface area contributed by atoms with Crippen LogP contribution in [0.4, 0.5) is 10.1 Å². The molecule has 0 spiro atoms. The van der Waals surface area contributed by atoms with Gasteiger partial charge in [0.05, 0.1) is 17.0 Å². The molecule has 1 rings (SSSR count). The molecule has 0 aliphatic carbocycles. The molecule has 0 amide bonds. The molecule has 0 unspecified atom stereocenters. The highest BCUT2D eigenvalue weighted by Gasteiger charge is 2.04. The zero-order chi connectivity index (χ0) is 10.7. The Hall–Kier alpha value is -1.29. The Balaban J connectivity index is 2.78. The van der Waals surface area contributed by atoms with Crippen molar-refractivity contribution in [2.24, 2.45) is 0 Å². The standard InChI is InChI=1S/C9H9ClFNO2/c1-5(9(13)14)12-6-2-3-8(11)7(10)4-6/h2-5,12H,1H3,(H,13,14)/p-1/t5-/m1/s1. The van der Waals surface area contributed by atoms with E-state index in [0.29, 0.717) is 5.69 Å². The average Bonchev–Trinajstić information content (AvgIpc) is 2.11. The molecule has 0 aliphatic rings. The lowest BCUT2D eigenvalue weighted by molar-refractivity contribution is -0.306. The monoisotopic (exact) mass is 216 g/mol. The molecule has 1 aromatic carbocycles. The van der Waals surface area contributed by atoms with Crippen molar-refractivity contribution in [3.05, 3.63) is 29.0 Å². The van der Waals surface area contributed by atoms with Crippen LogP contribution in [0.5, 0.6) is 0 Å². The van der Waals surface area contributed by atoms with Crippen LogP contribution < -0.4 is 10.4 Å². The van der Waals surface area contributed by atoms with Crippen molar-refractivity contribution >= 4 is 23.3 Å². The molecule has 0 heterocycles. The van der Waals surface area contributed by atoms with Crippen LogP contribution in [0.25, 0.3) is 0 Å². The fourth-order valence-corrected chi connectivity index (χ4v) is 1.08. The van der Waals surface area contributed by atoms with Gasteiger partial charge in [-0.1, -0.05) is 11.6 Å². The number of nitrogens with one attached hydrogen (secondary N) is 1. The smallest absolute Gasteiger partial charge is 0.141 e. The Kier molecular flexibility index (Phi) is 3.30. The SMILES string of the molecule is C[C@@H](Nc1ccc(F)c(Cl)c1)C(=O)[O-]. The average molecular weight is 217 g/mol. The summed E-state index contributed by atoms with van der Waals surface area (Å²) in [5.41, 5.74) is 0.438. The molecule has 0 fully saturated rings. The fraction of sp³-hybridized carbons (Fsp3) is 0.222. The summed E-state index contributed by atoms with van der Waals surface area (Å²) >= 11 is 5.50. The van der Waals surface area contributed by atoms with Crippen LogP contribution in [0.2, 0.25) is 5.02 Å². The van der Waals surface area contributed by atoms with E-state index in [0.717, 1.165) is 6.07 Å². The minimum absolute atomic E-state index is 0.0550. The lowest BCUT2D eigenvalue weighted by atomic mass is 10.2. The number of rotatable bonds is 3. The maximum absolute atomic E-state index is 12.7. The molecule has 0 saturated heterocycles. The van der Waals surface area contributed by atoms with Gasteiger partial charge in [-0.3, -0.25) is 0 Å². The first kappa shape index (κ1) is 10.8. The van der Waals surface area contributed by atoms with Crippen LogP contribution in [-0.2, 0) is 4.79 Å². The topological polar surface area (TPSA) is 52.2 Å². The Bertz CT molecular complexity index is 357. The van der Waals surface area contributed by atoms with Gasteiger partial charge in [0, 0.05) is 5.69 Å². The number of halogens is 2. The highest BCUT2D eigenvalue weighted by Crippen LogP contribution is 2.19. The second-order valence-corrected chi connectivity index (χ2v) is 3.22. The molecule has 1 atom stereocenters. The van der Waals surface area contributed by atoms with Gasteiger partial charge >= 0.3 is 0 Å². The summed E-state index contributed by atoms with van der Waals surface area (Å²) in [4.78, 5) is 10.4. The van der Waals surface area contributed by atoms with Crippen LogP contribution in [-0.4, -0.2) is 12.0 Å². The van der Waals surface area contributed by atoms with E-state index in [1.165, 1.54) is 19.1 Å². The zero-order valence-corrected chi connectivity index (χ0v) is 8.14. The Morgan fingerprint density at radius 3 is 2.79 bits per heavy atom. The molecule has 0 radical (unpaired) electrons. The third-order valence-corrected chi connectivity index (χ3v) is 1.95. The van der Waals surface area contributed by atoms with Crippen LogP contribution in [0.15, 0.2) is 18.2 Å². The van der Waals surface area contributed by atoms with E-state index >= 15 is 0 Å². The van der Waals surface area contributed by atoms with Crippen molar-refractivity contribution in [3.63, 3.8) is 0 Å². The minimum atomic E-state index is -1.23. The van der Waals surface area contributed by atoms with Crippen molar-refractivity contribution in [2.45, 2.75) is 13.0 Å². The Labute approximate surface area is 85.5 Å². The predicted molar refractivity (Wildman–Crippen MR) is 49.5 cm³/mol. The molecular weight excluding hydrogens is 209 g/mol. The van der Waals surface area contributed by atoms with E-state index in [1.54, 1.807) is 0 Å². The second-order valence-electron chi connectivity index (χ2n) is 2.81. The molecule has 1 aromatic rings. The fourth-order valence-electron chi connectivity index (χ4n) is 0.895. The van der Waals surface area contributed by atoms with Gasteiger partial charge < -0.3 is 15.2 Å². The Morgan fingerprint density at radius 1 is 1.64 bits per heavy atom. The van der Waals surface area contributed by atoms with E-state index in [1.807, 2.05) is 0 Å². The maximum atomic E-state index is 12.7.